The molecule has 15 heavy (non-hydrogen) atoms. The van der Waals surface area contributed by atoms with Crippen molar-refractivity contribution in [1.29, 1.82) is 5.26 Å². The Bertz CT molecular complexity index is 585. The minimum Gasteiger partial charge on any atom is -0.478 e. The van der Waals surface area contributed by atoms with Crippen LogP contribution in [0.15, 0.2) is 30.5 Å². The van der Waals surface area contributed by atoms with Gasteiger partial charge in [-0.3, -0.25) is 4.98 Å². The number of pyridine rings is 1. The van der Waals surface area contributed by atoms with Crippen LogP contribution in [0.2, 0.25) is 0 Å². The molecule has 0 saturated heterocycles. The Kier molecular flexibility index (Phi) is 2.07. The lowest BCUT2D eigenvalue weighted by Crippen LogP contribution is -1.98. The molecule has 0 fully saturated rings. The van der Waals surface area contributed by atoms with E-state index in [9.17, 15) is 4.79 Å². The molecule has 2 rings (SSSR count). The van der Waals surface area contributed by atoms with Crippen molar-refractivity contribution in [1.82, 2.24) is 4.98 Å². The highest BCUT2D eigenvalue weighted by molar-refractivity contribution is 6.03. The van der Waals surface area contributed by atoms with Gasteiger partial charge >= 0.3 is 5.97 Å². The van der Waals surface area contributed by atoms with E-state index in [0.717, 1.165) is 0 Å². The van der Waals surface area contributed by atoms with E-state index in [4.69, 9.17) is 10.4 Å². The topological polar surface area (TPSA) is 74.0 Å². The van der Waals surface area contributed by atoms with Gasteiger partial charge in [0.25, 0.3) is 0 Å². The van der Waals surface area contributed by atoms with Crippen LogP contribution >= 0.6 is 0 Å². The van der Waals surface area contributed by atoms with Crippen LogP contribution in [0.3, 0.4) is 0 Å². The summed E-state index contributed by atoms with van der Waals surface area (Å²) in [6.45, 7) is 0. The van der Waals surface area contributed by atoms with E-state index in [0.29, 0.717) is 16.5 Å². The molecule has 0 radical (unpaired) electrons. The summed E-state index contributed by atoms with van der Waals surface area (Å²) >= 11 is 0. The maximum Gasteiger partial charge on any atom is 0.336 e. The molecule has 1 heterocycles. The second-order valence-corrected chi connectivity index (χ2v) is 2.98. The molecule has 1 aromatic carbocycles. The molecule has 4 heteroatoms. The largest absolute Gasteiger partial charge is 0.478 e. The number of benzene rings is 1. The maximum atomic E-state index is 10.9. The minimum absolute atomic E-state index is 0.164. The van der Waals surface area contributed by atoms with Crippen LogP contribution in [0.25, 0.3) is 10.9 Å². The molecule has 1 N–H and O–H groups in total. The third-order valence-corrected chi connectivity index (χ3v) is 2.12. The lowest BCUT2D eigenvalue weighted by atomic mass is 10.1. The van der Waals surface area contributed by atoms with Crippen molar-refractivity contribution >= 4 is 16.9 Å². The van der Waals surface area contributed by atoms with Gasteiger partial charge in [-0.1, -0.05) is 12.1 Å². The number of hydrogen-bond acceptors (Lipinski definition) is 3. The highest BCUT2D eigenvalue weighted by Crippen LogP contribution is 2.19. The Balaban J connectivity index is 2.90. The highest BCUT2D eigenvalue weighted by Gasteiger charge is 2.10. The first-order valence-corrected chi connectivity index (χ1v) is 4.25. The first-order valence-electron chi connectivity index (χ1n) is 4.25. The van der Waals surface area contributed by atoms with E-state index in [1.807, 2.05) is 6.07 Å². The minimum atomic E-state index is -1.02. The van der Waals surface area contributed by atoms with Crippen LogP contribution < -0.4 is 0 Å². The standard InChI is InChI=1S/C11H6N2O2/c12-6-7-2-1-3-8-9(11(14)15)4-5-13-10(7)8/h1-5H,(H,14,15). The normalized spacial score (nSPS) is 9.80. The Labute approximate surface area is 85.4 Å². The molecule has 0 bridgehead atoms. The van der Waals surface area contributed by atoms with Crippen LogP contribution in [0.1, 0.15) is 15.9 Å². The molecule has 0 aliphatic carbocycles. The summed E-state index contributed by atoms with van der Waals surface area (Å²) < 4.78 is 0. The van der Waals surface area contributed by atoms with Gasteiger partial charge in [-0.25, -0.2) is 4.79 Å². The number of para-hydroxylation sites is 1. The van der Waals surface area contributed by atoms with Crippen LogP contribution in [-0.4, -0.2) is 16.1 Å². The SMILES string of the molecule is N#Cc1cccc2c(C(=O)O)ccnc12. The monoisotopic (exact) mass is 198 g/mol. The van der Waals surface area contributed by atoms with Gasteiger partial charge in [0.1, 0.15) is 6.07 Å². The number of rotatable bonds is 1. The van der Waals surface area contributed by atoms with Gasteiger partial charge in [0.05, 0.1) is 16.6 Å². The number of aromatic carboxylic acids is 1. The molecule has 0 aliphatic rings. The van der Waals surface area contributed by atoms with Crippen molar-refractivity contribution in [3.8, 4) is 6.07 Å². The van der Waals surface area contributed by atoms with Crippen molar-refractivity contribution < 1.29 is 9.90 Å². The Morgan fingerprint density at radius 2 is 2.20 bits per heavy atom. The average Bonchev–Trinajstić information content (AvgIpc) is 2.27. The number of carboxylic acid groups (broad SMARTS) is 1. The smallest absolute Gasteiger partial charge is 0.336 e. The van der Waals surface area contributed by atoms with Crippen molar-refractivity contribution in [3.05, 3.63) is 41.6 Å². The zero-order valence-corrected chi connectivity index (χ0v) is 7.64. The van der Waals surface area contributed by atoms with Crippen molar-refractivity contribution in [3.63, 3.8) is 0 Å². The summed E-state index contributed by atoms with van der Waals surface area (Å²) in [5.41, 5.74) is 0.979. The molecule has 0 spiro atoms. The summed E-state index contributed by atoms with van der Waals surface area (Å²) in [5, 5.41) is 18.3. The maximum absolute atomic E-state index is 10.9. The number of nitriles is 1. The molecule has 1 aromatic heterocycles. The number of nitrogens with zero attached hydrogens (tertiary/aromatic N) is 2. The van der Waals surface area contributed by atoms with Crippen molar-refractivity contribution in [2.24, 2.45) is 0 Å². The van der Waals surface area contributed by atoms with Crippen molar-refractivity contribution in [2.45, 2.75) is 0 Å². The third-order valence-electron chi connectivity index (χ3n) is 2.12. The van der Waals surface area contributed by atoms with Crippen molar-refractivity contribution in [2.75, 3.05) is 0 Å². The quantitative estimate of drug-likeness (QED) is 0.758. The summed E-state index contributed by atoms with van der Waals surface area (Å²) in [7, 11) is 0. The van der Waals surface area contributed by atoms with Crippen LogP contribution in [0.5, 0.6) is 0 Å². The summed E-state index contributed by atoms with van der Waals surface area (Å²) in [4.78, 5) is 14.9. The number of aromatic nitrogens is 1. The summed E-state index contributed by atoms with van der Waals surface area (Å²) in [6, 6.07) is 8.31. The Morgan fingerprint density at radius 1 is 1.40 bits per heavy atom. The first-order chi connectivity index (χ1) is 7.24. The summed E-state index contributed by atoms with van der Waals surface area (Å²) in [5.74, 6) is -1.02. The van der Waals surface area contributed by atoms with E-state index < -0.39 is 5.97 Å². The molecular formula is C11H6N2O2. The molecule has 72 valence electrons. The third kappa shape index (κ3) is 1.40. The molecule has 0 amide bonds. The molecule has 4 nitrogen and oxygen atoms in total. The summed E-state index contributed by atoms with van der Waals surface area (Å²) in [6.07, 6.45) is 1.40. The van der Waals surface area contributed by atoms with Crippen LogP contribution in [0.4, 0.5) is 0 Å². The van der Waals surface area contributed by atoms with E-state index in [-0.39, 0.29) is 5.56 Å². The highest BCUT2D eigenvalue weighted by atomic mass is 16.4. The predicted octanol–water partition coefficient (Wildman–Crippen LogP) is 1.80. The van der Waals surface area contributed by atoms with E-state index in [1.165, 1.54) is 12.3 Å². The molecule has 0 saturated carbocycles. The number of carboxylic acids is 1. The lowest BCUT2D eigenvalue weighted by Gasteiger charge is -2.01. The van der Waals surface area contributed by atoms with Gasteiger partial charge < -0.3 is 5.11 Å². The zero-order chi connectivity index (χ0) is 10.8. The van der Waals surface area contributed by atoms with E-state index >= 15 is 0 Å². The second kappa shape index (κ2) is 3.39. The average molecular weight is 198 g/mol. The molecule has 0 atom stereocenters. The first kappa shape index (κ1) is 9.16. The fraction of sp³-hybridized carbons (Fsp3) is 0. The fourth-order valence-corrected chi connectivity index (χ4v) is 1.45. The van der Waals surface area contributed by atoms with Gasteiger partial charge in [0, 0.05) is 11.6 Å². The van der Waals surface area contributed by atoms with E-state index in [2.05, 4.69) is 4.98 Å². The second-order valence-electron chi connectivity index (χ2n) is 2.98. The van der Waals surface area contributed by atoms with Gasteiger partial charge in [0.2, 0.25) is 0 Å². The number of carbonyl (C=O) groups is 1. The van der Waals surface area contributed by atoms with Crippen LogP contribution in [-0.2, 0) is 0 Å². The Hall–Kier alpha value is -2.41. The zero-order valence-electron chi connectivity index (χ0n) is 7.64. The van der Waals surface area contributed by atoms with Crippen LogP contribution in [0, 0.1) is 11.3 Å². The van der Waals surface area contributed by atoms with E-state index in [1.54, 1.807) is 18.2 Å². The van der Waals surface area contributed by atoms with Gasteiger partial charge in [0.15, 0.2) is 0 Å². The predicted molar refractivity (Wildman–Crippen MR) is 53.4 cm³/mol. The Morgan fingerprint density at radius 3 is 2.87 bits per heavy atom. The molecular weight excluding hydrogens is 192 g/mol. The molecule has 0 aliphatic heterocycles. The van der Waals surface area contributed by atoms with Gasteiger partial charge in [-0.05, 0) is 12.1 Å². The number of hydrogen-bond donors (Lipinski definition) is 1. The molecule has 0 unspecified atom stereocenters. The van der Waals surface area contributed by atoms with Gasteiger partial charge in [-0.2, -0.15) is 5.26 Å². The van der Waals surface area contributed by atoms with Gasteiger partial charge in [-0.15, -0.1) is 0 Å². The lowest BCUT2D eigenvalue weighted by molar-refractivity contribution is 0.0699. The fourth-order valence-electron chi connectivity index (χ4n) is 1.45. The number of fused-ring (bicyclic) bond motifs is 1. The molecule has 2 aromatic rings.